The van der Waals surface area contributed by atoms with Gasteiger partial charge in [0.25, 0.3) is 0 Å². The molecule has 1 N–H and O–H groups in total. The van der Waals surface area contributed by atoms with Gasteiger partial charge < -0.3 is 19.5 Å². The predicted octanol–water partition coefficient (Wildman–Crippen LogP) is 2.68. The van der Waals surface area contributed by atoms with E-state index >= 15 is 0 Å². The standard InChI is InChI=1S/C16H24FNO3/c1-4-18-15(16(20-3)7-9-21-10-8-16)13-6-5-12(19-2)11-14(13)17/h5-6,11,15,18H,4,7-10H2,1-3H3. The Balaban J connectivity index is 2.37. The zero-order valence-electron chi connectivity index (χ0n) is 12.9. The number of ether oxygens (including phenoxy) is 3. The summed E-state index contributed by atoms with van der Waals surface area (Å²) >= 11 is 0. The molecule has 5 heteroatoms. The first kappa shape index (κ1) is 16.2. The van der Waals surface area contributed by atoms with Crippen molar-refractivity contribution in [2.45, 2.75) is 31.4 Å². The molecular formula is C16H24FNO3. The largest absolute Gasteiger partial charge is 0.497 e. The van der Waals surface area contributed by atoms with Gasteiger partial charge in [0.1, 0.15) is 11.6 Å². The van der Waals surface area contributed by atoms with Crippen molar-refractivity contribution >= 4 is 0 Å². The van der Waals surface area contributed by atoms with E-state index in [0.717, 1.165) is 19.4 Å². The van der Waals surface area contributed by atoms with Crippen LogP contribution in [0.4, 0.5) is 4.39 Å². The maximum atomic E-state index is 14.5. The molecule has 4 nitrogen and oxygen atoms in total. The number of benzene rings is 1. The summed E-state index contributed by atoms with van der Waals surface area (Å²) < 4.78 is 30.8. The van der Waals surface area contributed by atoms with Crippen molar-refractivity contribution in [2.75, 3.05) is 34.0 Å². The third-order valence-electron chi connectivity index (χ3n) is 4.20. The Morgan fingerprint density at radius 3 is 2.57 bits per heavy atom. The molecule has 0 amide bonds. The lowest BCUT2D eigenvalue weighted by Crippen LogP contribution is -2.49. The van der Waals surface area contributed by atoms with Crippen LogP contribution in [-0.4, -0.2) is 39.6 Å². The average Bonchev–Trinajstić information content (AvgIpc) is 2.53. The minimum atomic E-state index is -0.441. The molecule has 1 aliphatic heterocycles. The fourth-order valence-corrected chi connectivity index (χ4v) is 2.98. The average molecular weight is 297 g/mol. The summed E-state index contributed by atoms with van der Waals surface area (Å²) in [6.45, 7) is 4.01. The summed E-state index contributed by atoms with van der Waals surface area (Å²) in [5.74, 6) is 0.244. The van der Waals surface area contributed by atoms with Gasteiger partial charge in [-0.2, -0.15) is 0 Å². The Kier molecular flexibility index (Phi) is 5.56. The van der Waals surface area contributed by atoms with Gasteiger partial charge in [0.2, 0.25) is 0 Å². The quantitative estimate of drug-likeness (QED) is 0.876. The zero-order chi connectivity index (χ0) is 15.3. The molecule has 1 fully saturated rings. The summed E-state index contributed by atoms with van der Waals surface area (Å²) in [6.07, 6.45) is 1.49. The van der Waals surface area contributed by atoms with Gasteiger partial charge in [-0.3, -0.25) is 0 Å². The summed E-state index contributed by atoms with van der Waals surface area (Å²) in [5, 5.41) is 3.38. The van der Waals surface area contributed by atoms with Crippen molar-refractivity contribution in [1.82, 2.24) is 5.32 Å². The Hall–Kier alpha value is -1.17. The Morgan fingerprint density at radius 1 is 1.33 bits per heavy atom. The van der Waals surface area contributed by atoms with Gasteiger partial charge >= 0.3 is 0 Å². The molecule has 0 spiro atoms. The van der Waals surface area contributed by atoms with E-state index in [1.807, 2.05) is 6.92 Å². The molecule has 21 heavy (non-hydrogen) atoms. The molecule has 0 radical (unpaired) electrons. The molecule has 118 valence electrons. The number of nitrogens with one attached hydrogen (secondary N) is 1. The van der Waals surface area contributed by atoms with Crippen LogP contribution >= 0.6 is 0 Å². The van der Waals surface area contributed by atoms with E-state index in [9.17, 15) is 4.39 Å². The normalized spacial score (nSPS) is 19.2. The Labute approximate surface area is 125 Å². The molecular weight excluding hydrogens is 273 g/mol. The van der Waals surface area contributed by atoms with Gasteiger partial charge in [0, 0.05) is 44.8 Å². The molecule has 1 saturated heterocycles. The molecule has 0 saturated carbocycles. The van der Waals surface area contributed by atoms with E-state index in [1.165, 1.54) is 13.2 Å². The summed E-state index contributed by atoms with van der Waals surface area (Å²) in [4.78, 5) is 0. The smallest absolute Gasteiger partial charge is 0.131 e. The van der Waals surface area contributed by atoms with E-state index in [1.54, 1.807) is 19.2 Å². The monoisotopic (exact) mass is 297 g/mol. The number of hydrogen-bond acceptors (Lipinski definition) is 4. The van der Waals surface area contributed by atoms with Crippen LogP contribution in [0.1, 0.15) is 31.4 Å². The lowest BCUT2D eigenvalue weighted by Gasteiger charge is -2.43. The first-order chi connectivity index (χ1) is 10.2. The van der Waals surface area contributed by atoms with Crippen LogP contribution in [0, 0.1) is 5.82 Å². The molecule has 1 heterocycles. The van der Waals surface area contributed by atoms with E-state index < -0.39 is 5.60 Å². The number of rotatable bonds is 6. The van der Waals surface area contributed by atoms with Crippen LogP contribution in [0.25, 0.3) is 0 Å². The van der Waals surface area contributed by atoms with Crippen molar-refractivity contribution in [3.8, 4) is 5.75 Å². The van der Waals surface area contributed by atoms with Crippen molar-refractivity contribution in [2.24, 2.45) is 0 Å². The van der Waals surface area contributed by atoms with Crippen molar-refractivity contribution < 1.29 is 18.6 Å². The van der Waals surface area contributed by atoms with E-state index in [0.29, 0.717) is 24.5 Å². The first-order valence-corrected chi connectivity index (χ1v) is 7.36. The first-order valence-electron chi connectivity index (χ1n) is 7.36. The second-order valence-electron chi connectivity index (χ2n) is 5.26. The highest BCUT2D eigenvalue weighted by Gasteiger charge is 2.42. The molecule has 2 rings (SSSR count). The third kappa shape index (κ3) is 3.36. The van der Waals surface area contributed by atoms with E-state index in [-0.39, 0.29) is 11.9 Å². The highest BCUT2D eigenvalue weighted by molar-refractivity contribution is 5.32. The fraction of sp³-hybridized carbons (Fsp3) is 0.625. The molecule has 1 atom stereocenters. The third-order valence-corrected chi connectivity index (χ3v) is 4.20. The van der Waals surface area contributed by atoms with Crippen LogP contribution < -0.4 is 10.1 Å². The molecule has 1 aromatic rings. The van der Waals surface area contributed by atoms with Crippen LogP contribution in [0.5, 0.6) is 5.75 Å². The number of hydrogen-bond donors (Lipinski definition) is 1. The Bertz CT molecular complexity index is 461. The number of halogens is 1. The van der Waals surface area contributed by atoms with Crippen molar-refractivity contribution in [3.63, 3.8) is 0 Å². The van der Waals surface area contributed by atoms with Crippen molar-refractivity contribution in [1.29, 1.82) is 0 Å². The van der Waals surface area contributed by atoms with Gasteiger partial charge in [0.05, 0.1) is 18.8 Å². The summed E-state index contributed by atoms with van der Waals surface area (Å²) in [7, 11) is 3.22. The van der Waals surface area contributed by atoms with Crippen LogP contribution in [0.15, 0.2) is 18.2 Å². The van der Waals surface area contributed by atoms with Gasteiger partial charge in [-0.15, -0.1) is 0 Å². The zero-order valence-corrected chi connectivity index (χ0v) is 12.9. The fourth-order valence-electron chi connectivity index (χ4n) is 2.98. The van der Waals surface area contributed by atoms with Gasteiger partial charge in [-0.1, -0.05) is 13.0 Å². The molecule has 1 aromatic carbocycles. The lowest BCUT2D eigenvalue weighted by molar-refractivity contribution is -0.112. The Morgan fingerprint density at radius 2 is 2.05 bits per heavy atom. The molecule has 1 unspecified atom stereocenters. The minimum absolute atomic E-state index is 0.206. The SMILES string of the molecule is CCNC(c1ccc(OC)cc1F)C1(OC)CCOCC1. The molecule has 1 aliphatic rings. The van der Waals surface area contributed by atoms with Crippen LogP contribution in [0.2, 0.25) is 0 Å². The predicted molar refractivity (Wildman–Crippen MR) is 79.2 cm³/mol. The number of likely N-dealkylation sites (N-methyl/N-ethyl adjacent to an activating group) is 1. The lowest BCUT2D eigenvalue weighted by atomic mass is 9.81. The summed E-state index contributed by atoms with van der Waals surface area (Å²) in [6, 6.07) is 4.77. The molecule has 0 aliphatic carbocycles. The minimum Gasteiger partial charge on any atom is -0.497 e. The summed E-state index contributed by atoms with van der Waals surface area (Å²) in [5.41, 5.74) is 0.172. The maximum Gasteiger partial charge on any atom is 0.131 e. The number of methoxy groups -OCH3 is 2. The van der Waals surface area contributed by atoms with E-state index in [2.05, 4.69) is 5.32 Å². The maximum absolute atomic E-state index is 14.5. The van der Waals surface area contributed by atoms with Gasteiger partial charge in [0.15, 0.2) is 0 Å². The van der Waals surface area contributed by atoms with Crippen LogP contribution in [-0.2, 0) is 9.47 Å². The van der Waals surface area contributed by atoms with Gasteiger partial charge in [-0.25, -0.2) is 4.39 Å². The highest BCUT2D eigenvalue weighted by atomic mass is 19.1. The molecule has 0 bridgehead atoms. The van der Waals surface area contributed by atoms with Crippen LogP contribution in [0.3, 0.4) is 0 Å². The molecule has 0 aromatic heterocycles. The van der Waals surface area contributed by atoms with Crippen molar-refractivity contribution in [3.05, 3.63) is 29.6 Å². The second-order valence-corrected chi connectivity index (χ2v) is 5.26. The topological polar surface area (TPSA) is 39.7 Å². The van der Waals surface area contributed by atoms with E-state index in [4.69, 9.17) is 14.2 Å². The second kappa shape index (κ2) is 7.20. The highest BCUT2D eigenvalue weighted by Crippen LogP contribution is 2.38. The van der Waals surface area contributed by atoms with Gasteiger partial charge in [-0.05, 0) is 12.6 Å².